The van der Waals surface area contributed by atoms with E-state index in [9.17, 15) is 8.42 Å². The maximum atomic E-state index is 12.3. The Morgan fingerprint density at radius 3 is 2.89 bits per heavy atom. The molecule has 0 saturated heterocycles. The summed E-state index contributed by atoms with van der Waals surface area (Å²) in [6.45, 7) is 3.44. The normalized spacial score (nSPS) is 15.3. The smallest absolute Gasteiger partial charge is 0.242 e. The molecule has 0 spiro atoms. The van der Waals surface area contributed by atoms with E-state index in [1.807, 2.05) is 13.0 Å². The van der Waals surface area contributed by atoms with Crippen LogP contribution in [0.2, 0.25) is 0 Å². The molecule has 0 aromatic heterocycles. The van der Waals surface area contributed by atoms with Crippen LogP contribution in [0, 0.1) is 0 Å². The van der Waals surface area contributed by atoms with E-state index in [1.165, 1.54) is 9.87 Å². The van der Waals surface area contributed by atoms with Gasteiger partial charge >= 0.3 is 0 Å². The summed E-state index contributed by atoms with van der Waals surface area (Å²) in [4.78, 5) is 0.381. The highest BCUT2D eigenvalue weighted by atomic mass is 32.2. The number of sulfonamides is 1. The lowest BCUT2D eigenvalue weighted by atomic mass is 10.0. The molecular weight excluding hydrogens is 248 g/mol. The van der Waals surface area contributed by atoms with Gasteiger partial charge in [-0.2, -0.15) is 0 Å². The van der Waals surface area contributed by atoms with Crippen molar-refractivity contribution < 1.29 is 8.42 Å². The molecule has 2 rings (SSSR count). The molecule has 0 fully saturated rings. The Morgan fingerprint density at radius 2 is 2.17 bits per heavy atom. The van der Waals surface area contributed by atoms with Crippen molar-refractivity contribution in [3.63, 3.8) is 0 Å². The molecule has 0 bridgehead atoms. The molecule has 0 radical (unpaired) electrons. The zero-order chi connectivity index (χ0) is 13.2. The molecule has 100 valence electrons. The molecule has 0 saturated carbocycles. The van der Waals surface area contributed by atoms with Gasteiger partial charge in [-0.25, -0.2) is 12.7 Å². The van der Waals surface area contributed by atoms with Gasteiger partial charge < -0.3 is 5.32 Å². The second-order valence-electron chi connectivity index (χ2n) is 4.68. The Balaban J connectivity index is 2.33. The predicted molar refractivity (Wildman–Crippen MR) is 73.4 cm³/mol. The van der Waals surface area contributed by atoms with Crippen molar-refractivity contribution in [1.29, 1.82) is 0 Å². The van der Waals surface area contributed by atoms with Crippen LogP contribution in [0.25, 0.3) is 0 Å². The number of benzene rings is 1. The fourth-order valence-corrected chi connectivity index (χ4v) is 3.51. The van der Waals surface area contributed by atoms with Crippen LogP contribution < -0.4 is 5.32 Å². The van der Waals surface area contributed by atoms with E-state index in [2.05, 4.69) is 5.32 Å². The van der Waals surface area contributed by atoms with Gasteiger partial charge in [-0.15, -0.1) is 0 Å². The summed E-state index contributed by atoms with van der Waals surface area (Å²) >= 11 is 0. The average molecular weight is 268 g/mol. The first-order valence-corrected chi connectivity index (χ1v) is 7.83. The molecule has 0 unspecified atom stereocenters. The van der Waals surface area contributed by atoms with Crippen LogP contribution in [0.15, 0.2) is 23.1 Å². The Hall–Kier alpha value is -1.07. The zero-order valence-electron chi connectivity index (χ0n) is 10.9. The molecule has 1 heterocycles. The fourth-order valence-electron chi connectivity index (χ4n) is 2.22. The summed E-state index contributed by atoms with van der Waals surface area (Å²) in [6, 6.07) is 5.40. The third-order valence-electron chi connectivity index (χ3n) is 3.27. The van der Waals surface area contributed by atoms with Crippen molar-refractivity contribution in [2.24, 2.45) is 0 Å². The summed E-state index contributed by atoms with van der Waals surface area (Å²) in [5.74, 6) is 0. The molecule has 0 aliphatic carbocycles. The second-order valence-corrected chi connectivity index (χ2v) is 6.72. The Kier molecular flexibility index (Phi) is 3.92. The summed E-state index contributed by atoms with van der Waals surface area (Å²) in [5.41, 5.74) is 2.17. The quantitative estimate of drug-likeness (QED) is 0.909. The lowest BCUT2D eigenvalue weighted by Crippen LogP contribution is -2.28. The minimum Gasteiger partial charge on any atom is -0.385 e. The predicted octanol–water partition coefficient (Wildman–Crippen LogP) is 2.08. The largest absolute Gasteiger partial charge is 0.385 e. The highest BCUT2D eigenvalue weighted by molar-refractivity contribution is 7.89. The molecule has 0 amide bonds. The standard InChI is InChI=1S/C13H20N2O2S/c1-3-9-15(2)18(16,17)12-7-6-11-5-4-8-14-13(11)10-12/h6-7,10,14H,3-5,8-9H2,1-2H3. The number of rotatable bonds is 4. The maximum absolute atomic E-state index is 12.3. The van der Waals surface area contributed by atoms with Gasteiger partial charge in [-0.3, -0.25) is 0 Å². The Labute approximate surface area is 109 Å². The van der Waals surface area contributed by atoms with E-state index in [1.54, 1.807) is 19.2 Å². The van der Waals surface area contributed by atoms with E-state index in [0.717, 1.165) is 31.5 Å². The van der Waals surface area contributed by atoms with Crippen LogP contribution in [-0.4, -0.2) is 32.9 Å². The highest BCUT2D eigenvalue weighted by Crippen LogP contribution is 2.26. The molecule has 1 aliphatic rings. The maximum Gasteiger partial charge on any atom is 0.242 e. The Morgan fingerprint density at radius 1 is 1.39 bits per heavy atom. The van der Waals surface area contributed by atoms with E-state index < -0.39 is 10.0 Å². The van der Waals surface area contributed by atoms with Crippen molar-refractivity contribution >= 4 is 15.7 Å². The Bertz CT molecular complexity index is 526. The summed E-state index contributed by atoms with van der Waals surface area (Å²) in [5, 5.41) is 3.26. The molecule has 1 aliphatic heterocycles. The number of hydrogen-bond donors (Lipinski definition) is 1. The zero-order valence-corrected chi connectivity index (χ0v) is 11.8. The van der Waals surface area contributed by atoms with Crippen molar-refractivity contribution in [3.8, 4) is 0 Å². The van der Waals surface area contributed by atoms with E-state index in [-0.39, 0.29) is 0 Å². The SMILES string of the molecule is CCCN(C)S(=O)(=O)c1ccc2c(c1)NCCC2. The molecule has 4 nitrogen and oxygen atoms in total. The molecular formula is C13H20N2O2S. The molecule has 1 aromatic rings. The molecule has 1 aromatic carbocycles. The first-order valence-electron chi connectivity index (χ1n) is 6.39. The van der Waals surface area contributed by atoms with Gasteiger partial charge in [-0.05, 0) is 37.0 Å². The monoisotopic (exact) mass is 268 g/mol. The number of anilines is 1. The van der Waals surface area contributed by atoms with Crippen LogP contribution in [0.1, 0.15) is 25.3 Å². The molecule has 18 heavy (non-hydrogen) atoms. The van der Waals surface area contributed by atoms with E-state index in [0.29, 0.717) is 11.4 Å². The van der Waals surface area contributed by atoms with Crippen molar-refractivity contribution in [2.75, 3.05) is 25.5 Å². The van der Waals surface area contributed by atoms with Crippen LogP contribution in [0.5, 0.6) is 0 Å². The first-order chi connectivity index (χ1) is 8.55. The summed E-state index contributed by atoms with van der Waals surface area (Å²) in [6.07, 6.45) is 2.95. The van der Waals surface area contributed by atoms with Crippen molar-refractivity contribution in [2.45, 2.75) is 31.1 Å². The highest BCUT2D eigenvalue weighted by Gasteiger charge is 2.21. The van der Waals surface area contributed by atoms with Gasteiger partial charge in [0.25, 0.3) is 0 Å². The van der Waals surface area contributed by atoms with E-state index >= 15 is 0 Å². The third-order valence-corrected chi connectivity index (χ3v) is 5.12. The molecule has 5 heteroatoms. The number of nitrogens with zero attached hydrogens (tertiary/aromatic N) is 1. The van der Waals surface area contributed by atoms with Gasteiger partial charge in [0, 0.05) is 25.8 Å². The van der Waals surface area contributed by atoms with Crippen LogP contribution in [0.3, 0.4) is 0 Å². The minimum atomic E-state index is -3.34. The van der Waals surface area contributed by atoms with Gasteiger partial charge in [0.2, 0.25) is 10.0 Å². The van der Waals surface area contributed by atoms with Gasteiger partial charge in [0.15, 0.2) is 0 Å². The average Bonchev–Trinajstić information content (AvgIpc) is 2.38. The lowest BCUT2D eigenvalue weighted by Gasteiger charge is -2.21. The van der Waals surface area contributed by atoms with Gasteiger partial charge in [-0.1, -0.05) is 13.0 Å². The van der Waals surface area contributed by atoms with Gasteiger partial charge in [0.1, 0.15) is 0 Å². The van der Waals surface area contributed by atoms with Crippen LogP contribution in [0.4, 0.5) is 5.69 Å². The fraction of sp³-hybridized carbons (Fsp3) is 0.538. The third kappa shape index (κ3) is 2.52. The summed E-state index contributed by atoms with van der Waals surface area (Å²) < 4.78 is 26.0. The van der Waals surface area contributed by atoms with Gasteiger partial charge in [0.05, 0.1) is 4.90 Å². The molecule has 1 N–H and O–H groups in total. The lowest BCUT2D eigenvalue weighted by molar-refractivity contribution is 0.468. The number of aryl methyl sites for hydroxylation is 1. The number of hydrogen-bond acceptors (Lipinski definition) is 3. The van der Waals surface area contributed by atoms with Crippen molar-refractivity contribution in [1.82, 2.24) is 4.31 Å². The number of nitrogens with one attached hydrogen (secondary N) is 1. The van der Waals surface area contributed by atoms with E-state index in [4.69, 9.17) is 0 Å². The van der Waals surface area contributed by atoms with Crippen molar-refractivity contribution in [3.05, 3.63) is 23.8 Å². The first kappa shape index (κ1) is 13.4. The second kappa shape index (κ2) is 5.28. The van der Waals surface area contributed by atoms with Crippen LogP contribution in [-0.2, 0) is 16.4 Å². The topological polar surface area (TPSA) is 49.4 Å². The minimum absolute atomic E-state index is 0.381. The molecule has 0 atom stereocenters. The summed E-state index contributed by atoms with van der Waals surface area (Å²) in [7, 11) is -1.71. The number of fused-ring (bicyclic) bond motifs is 1. The van der Waals surface area contributed by atoms with Crippen LogP contribution >= 0.6 is 0 Å².